The van der Waals surface area contributed by atoms with Gasteiger partial charge >= 0.3 is 0 Å². The molecule has 2 N–H and O–H groups in total. The molecule has 0 radical (unpaired) electrons. The highest BCUT2D eigenvalue weighted by Gasteiger charge is 2.38. The highest BCUT2D eigenvalue weighted by Crippen LogP contribution is 2.41. The predicted molar refractivity (Wildman–Crippen MR) is 85.6 cm³/mol. The van der Waals surface area contributed by atoms with E-state index in [1.54, 1.807) is 11.8 Å². The first-order valence-corrected chi connectivity index (χ1v) is 8.52. The number of H-pyrrole nitrogens is 1. The summed E-state index contributed by atoms with van der Waals surface area (Å²) in [6.45, 7) is 2.71. The molecule has 7 nitrogen and oxygen atoms in total. The molecule has 128 valence electrons. The number of β-amino-alcohol motifs (C(OH)–C–C–N with tert-alkyl or cyclic N) is 1. The van der Waals surface area contributed by atoms with Crippen LogP contribution in [0.3, 0.4) is 0 Å². The summed E-state index contributed by atoms with van der Waals surface area (Å²) < 4.78 is 5.13. The van der Waals surface area contributed by atoms with E-state index in [1.165, 1.54) is 0 Å². The van der Waals surface area contributed by atoms with E-state index >= 15 is 0 Å². The van der Waals surface area contributed by atoms with Crippen LogP contribution in [0.1, 0.15) is 59.4 Å². The second-order valence-corrected chi connectivity index (χ2v) is 7.05. The topological polar surface area (TPSA) is 95.3 Å². The number of piperidine rings is 1. The minimum atomic E-state index is -1.01. The average molecular weight is 330 g/mol. The molecule has 1 saturated heterocycles. The number of aryl methyl sites for hydroxylation is 1. The Morgan fingerprint density at radius 2 is 2.38 bits per heavy atom. The lowest BCUT2D eigenvalue weighted by atomic mass is 9.89. The number of likely N-dealkylation sites (tertiary alicyclic amines) is 1. The minimum Gasteiger partial charge on any atom is -0.388 e. The zero-order chi connectivity index (χ0) is 16.7. The molecule has 2 aromatic heterocycles. The molecular weight excluding hydrogens is 308 g/mol. The minimum absolute atomic E-state index is 0.00187. The molecule has 2 aliphatic rings. The van der Waals surface area contributed by atoms with Crippen LogP contribution in [0.5, 0.6) is 0 Å². The quantitative estimate of drug-likeness (QED) is 0.891. The van der Waals surface area contributed by atoms with Crippen LogP contribution in [0.2, 0.25) is 0 Å². The van der Waals surface area contributed by atoms with Crippen LogP contribution in [0.15, 0.2) is 16.8 Å². The molecule has 1 saturated carbocycles. The highest BCUT2D eigenvalue weighted by molar-refractivity contribution is 5.95. The van der Waals surface area contributed by atoms with Gasteiger partial charge in [-0.1, -0.05) is 5.16 Å². The standard InChI is InChI=1S/C17H22N4O3/c1-11-19-14(24-20-11)9-17(23)6-2-8-21(10-17)16(22)13-5-7-18-15(13)12-3-4-12/h5,7,12,18,23H,2-4,6,8-10H2,1H3. The van der Waals surface area contributed by atoms with Crippen molar-refractivity contribution < 1.29 is 14.4 Å². The summed E-state index contributed by atoms with van der Waals surface area (Å²) in [7, 11) is 0. The van der Waals surface area contributed by atoms with Gasteiger partial charge in [-0.3, -0.25) is 4.79 Å². The van der Waals surface area contributed by atoms with Gasteiger partial charge in [0.25, 0.3) is 5.91 Å². The number of carbonyl (C=O) groups excluding carboxylic acids is 1. The molecule has 2 aromatic rings. The molecule has 0 bridgehead atoms. The third-order valence-corrected chi connectivity index (χ3v) is 4.89. The number of amides is 1. The van der Waals surface area contributed by atoms with Crippen molar-refractivity contribution in [1.82, 2.24) is 20.0 Å². The maximum absolute atomic E-state index is 12.9. The second kappa shape index (κ2) is 5.73. The van der Waals surface area contributed by atoms with Gasteiger partial charge < -0.3 is 19.5 Å². The number of aromatic nitrogens is 3. The van der Waals surface area contributed by atoms with Gasteiger partial charge in [0.1, 0.15) is 0 Å². The Morgan fingerprint density at radius 1 is 1.54 bits per heavy atom. The van der Waals surface area contributed by atoms with Crippen LogP contribution in [0.4, 0.5) is 0 Å². The third-order valence-electron chi connectivity index (χ3n) is 4.89. The van der Waals surface area contributed by atoms with E-state index in [1.807, 2.05) is 12.3 Å². The Labute approximate surface area is 140 Å². The van der Waals surface area contributed by atoms with Gasteiger partial charge in [-0.05, 0) is 44.6 Å². The molecule has 1 amide bonds. The fourth-order valence-corrected chi connectivity index (χ4v) is 3.57. The van der Waals surface area contributed by atoms with Gasteiger partial charge in [-0.25, -0.2) is 0 Å². The molecule has 1 unspecified atom stereocenters. The van der Waals surface area contributed by atoms with E-state index < -0.39 is 5.60 Å². The molecule has 1 atom stereocenters. The fraction of sp³-hybridized carbons (Fsp3) is 0.588. The molecule has 1 aliphatic heterocycles. The number of carbonyl (C=O) groups is 1. The molecule has 24 heavy (non-hydrogen) atoms. The van der Waals surface area contributed by atoms with E-state index in [4.69, 9.17) is 4.52 Å². The number of hydrogen-bond donors (Lipinski definition) is 2. The Hall–Kier alpha value is -2.15. The summed E-state index contributed by atoms with van der Waals surface area (Å²) >= 11 is 0. The van der Waals surface area contributed by atoms with Crippen LogP contribution in [0, 0.1) is 6.92 Å². The third kappa shape index (κ3) is 2.96. The number of aromatic amines is 1. The van der Waals surface area contributed by atoms with Crippen molar-refractivity contribution >= 4 is 5.91 Å². The van der Waals surface area contributed by atoms with Crippen LogP contribution in [-0.4, -0.2) is 49.7 Å². The number of nitrogens with one attached hydrogen (secondary N) is 1. The molecule has 4 rings (SSSR count). The molecule has 1 aliphatic carbocycles. The molecule has 0 spiro atoms. The smallest absolute Gasteiger partial charge is 0.255 e. The zero-order valence-electron chi connectivity index (χ0n) is 13.8. The average Bonchev–Trinajstić information content (AvgIpc) is 3.14. The van der Waals surface area contributed by atoms with E-state index in [9.17, 15) is 9.90 Å². The van der Waals surface area contributed by atoms with Gasteiger partial charge in [0, 0.05) is 18.4 Å². The van der Waals surface area contributed by atoms with E-state index in [0.29, 0.717) is 37.1 Å². The summed E-state index contributed by atoms with van der Waals surface area (Å²) in [4.78, 5) is 22.0. The zero-order valence-corrected chi connectivity index (χ0v) is 13.8. The fourth-order valence-electron chi connectivity index (χ4n) is 3.57. The first-order valence-electron chi connectivity index (χ1n) is 8.52. The van der Waals surface area contributed by atoms with Crippen molar-refractivity contribution in [3.05, 3.63) is 35.2 Å². The first kappa shape index (κ1) is 15.4. The van der Waals surface area contributed by atoms with Crippen molar-refractivity contribution in [3.8, 4) is 0 Å². The van der Waals surface area contributed by atoms with Crippen molar-refractivity contribution in [2.45, 2.75) is 50.5 Å². The van der Waals surface area contributed by atoms with Crippen LogP contribution in [0.25, 0.3) is 0 Å². The van der Waals surface area contributed by atoms with Crippen molar-refractivity contribution in [2.75, 3.05) is 13.1 Å². The summed E-state index contributed by atoms with van der Waals surface area (Å²) in [6, 6.07) is 1.85. The number of aliphatic hydroxyl groups is 1. The number of nitrogens with zero attached hydrogens (tertiary/aromatic N) is 3. The monoisotopic (exact) mass is 330 g/mol. The van der Waals surface area contributed by atoms with Gasteiger partial charge in [-0.15, -0.1) is 0 Å². The van der Waals surface area contributed by atoms with Gasteiger partial charge in [0.05, 0.1) is 24.1 Å². The van der Waals surface area contributed by atoms with Crippen LogP contribution < -0.4 is 0 Å². The van der Waals surface area contributed by atoms with E-state index in [0.717, 1.165) is 30.5 Å². The number of hydrogen-bond acceptors (Lipinski definition) is 5. The lowest BCUT2D eigenvalue weighted by Crippen LogP contribution is -2.51. The lowest BCUT2D eigenvalue weighted by Gasteiger charge is -2.38. The van der Waals surface area contributed by atoms with Crippen molar-refractivity contribution in [2.24, 2.45) is 0 Å². The Kier molecular flexibility index (Phi) is 3.68. The van der Waals surface area contributed by atoms with Gasteiger partial charge in [0.15, 0.2) is 5.82 Å². The normalized spacial score (nSPS) is 24.3. The van der Waals surface area contributed by atoms with Crippen LogP contribution in [-0.2, 0) is 6.42 Å². The van der Waals surface area contributed by atoms with Crippen LogP contribution >= 0.6 is 0 Å². The second-order valence-electron chi connectivity index (χ2n) is 7.05. The Balaban J connectivity index is 1.49. The molecule has 0 aromatic carbocycles. The Bertz CT molecular complexity index is 749. The van der Waals surface area contributed by atoms with E-state index in [2.05, 4.69) is 15.1 Å². The van der Waals surface area contributed by atoms with Gasteiger partial charge in [-0.2, -0.15) is 4.98 Å². The summed E-state index contributed by atoms with van der Waals surface area (Å²) in [5, 5.41) is 14.7. The summed E-state index contributed by atoms with van der Waals surface area (Å²) in [5.74, 6) is 1.46. The molecule has 2 fully saturated rings. The number of rotatable bonds is 4. The molecule has 7 heteroatoms. The summed E-state index contributed by atoms with van der Waals surface area (Å²) in [6.07, 6.45) is 5.78. The van der Waals surface area contributed by atoms with Gasteiger partial charge in [0.2, 0.25) is 5.89 Å². The molecular formula is C17H22N4O3. The first-order chi connectivity index (χ1) is 11.5. The predicted octanol–water partition coefficient (Wildman–Crippen LogP) is 1.79. The summed E-state index contributed by atoms with van der Waals surface area (Å²) in [5.41, 5.74) is 0.778. The molecule has 3 heterocycles. The highest BCUT2D eigenvalue weighted by atomic mass is 16.5. The maximum atomic E-state index is 12.9. The largest absolute Gasteiger partial charge is 0.388 e. The van der Waals surface area contributed by atoms with Crippen molar-refractivity contribution in [1.29, 1.82) is 0 Å². The Morgan fingerprint density at radius 3 is 3.08 bits per heavy atom. The maximum Gasteiger partial charge on any atom is 0.255 e. The SMILES string of the molecule is Cc1noc(CC2(O)CCCN(C(=O)c3cc[nH]c3C3CC3)C2)n1. The lowest BCUT2D eigenvalue weighted by molar-refractivity contribution is -0.0286. The van der Waals surface area contributed by atoms with Crippen molar-refractivity contribution in [3.63, 3.8) is 0 Å². The van der Waals surface area contributed by atoms with E-state index in [-0.39, 0.29) is 12.3 Å².